The summed E-state index contributed by atoms with van der Waals surface area (Å²) in [5, 5.41) is 2.76. The highest BCUT2D eigenvalue weighted by Gasteiger charge is 2.28. The van der Waals surface area contributed by atoms with Gasteiger partial charge in [0, 0.05) is 16.6 Å². The summed E-state index contributed by atoms with van der Waals surface area (Å²) < 4.78 is 29.4. The number of aryl methyl sites for hydroxylation is 1. The predicted molar refractivity (Wildman–Crippen MR) is 101 cm³/mol. The van der Waals surface area contributed by atoms with E-state index in [9.17, 15) is 13.2 Å². The summed E-state index contributed by atoms with van der Waals surface area (Å²) in [5.41, 5.74) is 1.62. The molecule has 0 fully saturated rings. The van der Waals surface area contributed by atoms with E-state index in [-0.39, 0.29) is 10.8 Å². The maximum Gasteiger partial charge on any atom is 0.241 e. The zero-order chi connectivity index (χ0) is 18.2. The van der Waals surface area contributed by atoms with Crippen molar-refractivity contribution in [2.24, 2.45) is 0 Å². The van der Waals surface area contributed by atoms with Crippen molar-refractivity contribution in [3.63, 3.8) is 0 Å². The Labute approximate surface area is 156 Å². The molecule has 5 nitrogen and oxygen atoms in total. The van der Waals surface area contributed by atoms with E-state index in [0.717, 1.165) is 15.6 Å². The van der Waals surface area contributed by atoms with E-state index in [1.54, 1.807) is 12.1 Å². The number of hydrogen-bond donors (Lipinski definition) is 2. The number of carbonyl (C=O) groups excluding carboxylic acids is 1. The lowest BCUT2D eigenvalue weighted by atomic mass is 9.96. The zero-order valence-electron chi connectivity index (χ0n) is 14.0. The molecule has 0 unspecified atom stereocenters. The van der Waals surface area contributed by atoms with Crippen LogP contribution in [0.2, 0.25) is 0 Å². The summed E-state index contributed by atoms with van der Waals surface area (Å²) >= 11 is 3.38. The van der Waals surface area contributed by atoms with Crippen LogP contribution in [-0.4, -0.2) is 14.3 Å². The lowest BCUT2D eigenvalue weighted by Gasteiger charge is -2.27. The second-order valence-corrected chi connectivity index (χ2v) is 9.20. The molecule has 0 saturated heterocycles. The summed E-state index contributed by atoms with van der Waals surface area (Å²) in [7, 11) is -3.70. The van der Waals surface area contributed by atoms with E-state index in [0.29, 0.717) is 18.5 Å². The van der Waals surface area contributed by atoms with Gasteiger partial charge < -0.3 is 5.32 Å². The summed E-state index contributed by atoms with van der Waals surface area (Å²) in [6.07, 6.45) is 0.912. The quantitative estimate of drug-likeness (QED) is 0.790. The summed E-state index contributed by atoms with van der Waals surface area (Å²) in [6, 6.07) is 12.3. The molecule has 1 aliphatic heterocycles. The van der Waals surface area contributed by atoms with Crippen LogP contribution in [-0.2, 0) is 26.8 Å². The highest BCUT2D eigenvalue weighted by molar-refractivity contribution is 9.10. The predicted octanol–water partition coefficient (Wildman–Crippen LogP) is 3.55. The molecule has 0 spiro atoms. The summed E-state index contributed by atoms with van der Waals surface area (Å²) in [6.45, 7) is 3.65. The molecule has 0 atom stereocenters. The average molecular weight is 423 g/mol. The van der Waals surface area contributed by atoms with Gasteiger partial charge in [0.05, 0.1) is 10.4 Å². The molecule has 2 N–H and O–H groups in total. The Morgan fingerprint density at radius 1 is 1.08 bits per heavy atom. The van der Waals surface area contributed by atoms with E-state index >= 15 is 0 Å². The van der Waals surface area contributed by atoms with Crippen LogP contribution in [0, 0.1) is 0 Å². The molecule has 0 radical (unpaired) electrons. The smallest absolute Gasteiger partial charge is 0.241 e. The van der Waals surface area contributed by atoms with Gasteiger partial charge in [-0.1, -0.05) is 28.1 Å². The molecule has 2 aromatic rings. The number of rotatable bonds is 4. The van der Waals surface area contributed by atoms with Crippen molar-refractivity contribution < 1.29 is 13.2 Å². The van der Waals surface area contributed by atoms with Crippen LogP contribution in [0.3, 0.4) is 0 Å². The Bertz CT molecular complexity index is 922. The third-order valence-corrected chi connectivity index (χ3v) is 6.42. The highest BCUT2D eigenvalue weighted by atomic mass is 79.9. The number of nitrogens with one attached hydrogen (secondary N) is 2. The molecule has 1 amide bonds. The van der Waals surface area contributed by atoms with Gasteiger partial charge in [-0.3, -0.25) is 4.79 Å². The molecule has 1 aliphatic rings. The number of anilines is 1. The average Bonchev–Trinajstić information content (AvgIpc) is 2.53. The molecular weight excluding hydrogens is 404 g/mol. The van der Waals surface area contributed by atoms with E-state index < -0.39 is 15.6 Å². The van der Waals surface area contributed by atoms with Crippen LogP contribution in [0.5, 0.6) is 0 Å². The highest BCUT2D eigenvalue weighted by Crippen LogP contribution is 2.28. The second-order valence-electron chi connectivity index (χ2n) is 6.60. The first kappa shape index (κ1) is 18.1. The topological polar surface area (TPSA) is 75.3 Å². The Hall–Kier alpha value is -1.70. The molecule has 0 bridgehead atoms. The summed E-state index contributed by atoms with van der Waals surface area (Å²) in [4.78, 5) is 11.6. The Morgan fingerprint density at radius 3 is 2.44 bits per heavy atom. The van der Waals surface area contributed by atoms with Crippen LogP contribution >= 0.6 is 15.9 Å². The number of hydrogen-bond acceptors (Lipinski definition) is 3. The molecule has 0 saturated carbocycles. The lowest BCUT2D eigenvalue weighted by molar-refractivity contribution is -0.116. The van der Waals surface area contributed by atoms with Gasteiger partial charge in [-0.25, -0.2) is 13.1 Å². The second kappa shape index (κ2) is 6.55. The maximum atomic E-state index is 12.8. The Kier molecular flexibility index (Phi) is 4.74. The number of fused-ring (bicyclic) bond motifs is 1. The van der Waals surface area contributed by atoms with E-state index in [1.165, 1.54) is 6.07 Å². The first-order valence-electron chi connectivity index (χ1n) is 7.90. The fourth-order valence-corrected chi connectivity index (χ4v) is 4.56. The lowest BCUT2D eigenvalue weighted by Crippen LogP contribution is -2.40. The Balaban J connectivity index is 1.89. The van der Waals surface area contributed by atoms with Crippen molar-refractivity contribution in [1.29, 1.82) is 0 Å². The van der Waals surface area contributed by atoms with Crippen LogP contribution in [0.25, 0.3) is 0 Å². The van der Waals surface area contributed by atoms with Gasteiger partial charge in [0.25, 0.3) is 0 Å². The number of carbonyl (C=O) groups is 1. The van der Waals surface area contributed by atoms with Gasteiger partial charge in [0.15, 0.2) is 0 Å². The van der Waals surface area contributed by atoms with Crippen LogP contribution < -0.4 is 10.0 Å². The van der Waals surface area contributed by atoms with E-state index in [4.69, 9.17) is 0 Å². The van der Waals surface area contributed by atoms with E-state index in [1.807, 2.05) is 38.1 Å². The number of sulfonamides is 1. The van der Waals surface area contributed by atoms with Gasteiger partial charge >= 0.3 is 0 Å². The van der Waals surface area contributed by atoms with Crippen molar-refractivity contribution in [2.75, 3.05) is 5.32 Å². The molecule has 0 aliphatic carbocycles. The fourth-order valence-electron chi connectivity index (χ4n) is 2.85. The van der Waals surface area contributed by atoms with Crippen LogP contribution in [0.4, 0.5) is 5.69 Å². The van der Waals surface area contributed by atoms with Gasteiger partial charge in [-0.05, 0) is 61.7 Å². The molecule has 3 rings (SSSR count). The van der Waals surface area contributed by atoms with Crippen molar-refractivity contribution in [3.8, 4) is 0 Å². The first-order chi connectivity index (χ1) is 11.7. The number of halogens is 1. The minimum absolute atomic E-state index is 0.0439. The van der Waals surface area contributed by atoms with E-state index in [2.05, 4.69) is 26.0 Å². The Morgan fingerprint density at radius 2 is 1.76 bits per heavy atom. The molecule has 0 aromatic heterocycles. The van der Waals surface area contributed by atoms with Gasteiger partial charge in [-0.2, -0.15) is 0 Å². The first-order valence-corrected chi connectivity index (χ1v) is 10.2. The molecule has 132 valence electrons. The molecule has 25 heavy (non-hydrogen) atoms. The van der Waals surface area contributed by atoms with Crippen LogP contribution in [0.1, 0.15) is 31.4 Å². The summed E-state index contributed by atoms with van der Waals surface area (Å²) in [5.74, 6) is -0.0439. The maximum absolute atomic E-state index is 12.8. The van der Waals surface area contributed by atoms with Crippen molar-refractivity contribution >= 4 is 37.5 Å². The monoisotopic (exact) mass is 422 g/mol. The van der Waals surface area contributed by atoms with Crippen molar-refractivity contribution in [1.82, 2.24) is 4.72 Å². The molecular formula is C18H19BrN2O3S. The number of benzene rings is 2. The third kappa shape index (κ3) is 3.94. The SMILES string of the molecule is CC(C)(NS(=O)(=O)c1ccc2c(c1)CCC(=O)N2)c1ccc(Br)cc1. The normalized spacial score (nSPS) is 14.8. The number of amides is 1. The molecule has 7 heteroatoms. The molecule has 1 heterocycles. The van der Waals surface area contributed by atoms with Gasteiger partial charge in [-0.15, -0.1) is 0 Å². The minimum Gasteiger partial charge on any atom is -0.326 e. The minimum atomic E-state index is -3.70. The zero-order valence-corrected chi connectivity index (χ0v) is 16.4. The fraction of sp³-hybridized carbons (Fsp3) is 0.278. The standard InChI is InChI=1S/C18H19BrN2O3S/c1-18(2,13-4-6-14(19)7-5-13)21-25(23,24)15-8-9-16-12(11-15)3-10-17(22)20-16/h4-9,11,21H,3,10H2,1-2H3,(H,20,22). The largest absolute Gasteiger partial charge is 0.326 e. The van der Waals surface area contributed by atoms with Crippen molar-refractivity contribution in [3.05, 3.63) is 58.1 Å². The van der Waals surface area contributed by atoms with Crippen LogP contribution in [0.15, 0.2) is 51.8 Å². The third-order valence-electron chi connectivity index (χ3n) is 4.24. The van der Waals surface area contributed by atoms with Crippen molar-refractivity contribution in [2.45, 2.75) is 37.1 Å². The molecule has 2 aromatic carbocycles. The van der Waals surface area contributed by atoms with Gasteiger partial charge in [0.1, 0.15) is 0 Å². The van der Waals surface area contributed by atoms with Gasteiger partial charge in [0.2, 0.25) is 15.9 Å².